The molecule has 2 rings (SSSR count). The van der Waals surface area contributed by atoms with E-state index in [1.165, 1.54) is 32.1 Å². The van der Waals surface area contributed by atoms with Gasteiger partial charge in [-0.1, -0.05) is 19.8 Å². The molecule has 3 unspecified atom stereocenters. The Labute approximate surface area is 98.4 Å². The normalized spacial score (nSPS) is 37.2. The Morgan fingerprint density at radius 3 is 2.75 bits per heavy atom. The standard InChI is InChI=1S/C13H24N2O/c1-10-4-2-5-11(8-7-10)15-9-3-6-12(14)13(15)16/h10-12H,2-9,14H2,1H3. The molecule has 3 atom stereocenters. The summed E-state index contributed by atoms with van der Waals surface area (Å²) in [5, 5.41) is 0. The van der Waals surface area contributed by atoms with E-state index in [2.05, 4.69) is 11.8 Å². The molecule has 2 N–H and O–H groups in total. The van der Waals surface area contributed by atoms with Crippen LogP contribution in [0, 0.1) is 5.92 Å². The Balaban J connectivity index is 1.97. The summed E-state index contributed by atoms with van der Waals surface area (Å²) in [5.41, 5.74) is 5.85. The van der Waals surface area contributed by atoms with Crippen molar-refractivity contribution in [2.75, 3.05) is 6.54 Å². The lowest BCUT2D eigenvalue weighted by Gasteiger charge is -2.36. The number of hydrogen-bond acceptors (Lipinski definition) is 2. The largest absolute Gasteiger partial charge is 0.338 e. The van der Waals surface area contributed by atoms with Crippen LogP contribution in [-0.2, 0) is 4.79 Å². The van der Waals surface area contributed by atoms with Crippen molar-refractivity contribution < 1.29 is 4.79 Å². The topological polar surface area (TPSA) is 46.3 Å². The number of nitrogens with two attached hydrogens (primary N) is 1. The lowest BCUT2D eigenvalue weighted by molar-refractivity contribution is -0.137. The van der Waals surface area contributed by atoms with E-state index in [4.69, 9.17) is 5.73 Å². The average Bonchev–Trinajstić information content (AvgIpc) is 2.47. The Kier molecular flexibility index (Phi) is 3.85. The maximum Gasteiger partial charge on any atom is 0.239 e. The fourth-order valence-corrected chi connectivity index (χ4v) is 3.07. The molecular weight excluding hydrogens is 200 g/mol. The molecule has 3 heteroatoms. The lowest BCUT2D eigenvalue weighted by atomic mass is 9.99. The van der Waals surface area contributed by atoms with Crippen molar-refractivity contribution in [2.45, 2.75) is 64.0 Å². The van der Waals surface area contributed by atoms with Crippen LogP contribution >= 0.6 is 0 Å². The minimum atomic E-state index is -0.227. The predicted octanol–water partition coefficient (Wildman–Crippen LogP) is 1.90. The highest BCUT2D eigenvalue weighted by molar-refractivity contribution is 5.82. The fraction of sp³-hybridized carbons (Fsp3) is 0.923. The van der Waals surface area contributed by atoms with E-state index in [0.29, 0.717) is 6.04 Å². The van der Waals surface area contributed by atoms with Crippen LogP contribution in [0.3, 0.4) is 0 Å². The summed E-state index contributed by atoms with van der Waals surface area (Å²) >= 11 is 0. The number of rotatable bonds is 1. The molecule has 0 radical (unpaired) electrons. The second-order valence-corrected chi connectivity index (χ2v) is 5.55. The summed E-state index contributed by atoms with van der Waals surface area (Å²) in [4.78, 5) is 14.1. The van der Waals surface area contributed by atoms with Crippen LogP contribution in [0.1, 0.15) is 51.9 Å². The first-order valence-corrected chi connectivity index (χ1v) is 6.74. The summed E-state index contributed by atoms with van der Waals surface area (Å²) in [6.45, 7) is 3.26. The molecule has 3 nitrogen and oxygen atoms in total. The minimum Gasteiger partial charge on any atom is -0.338 e. The first-order chi connectivity index (χ1) is 7.68. The Hall–Kier alpha value is -0.570. The number of likely N-dealkylation sites (tertiary alicyclic amines) is 1. The number of carbonyl (C=O) groups excluding carboxylic acids is 1. The van der Waals surface area contributed by atoms with Crippen molar-refractivity contribution in [1.29, 1.82) is 0 Å². The van der Waals surface area contributed by atoms with Crippen LogP contribution in [0.5, 0.6) is 0 Å². The van der Waals surface area contributed by atoms with E-state index >= 15 is 0 Å². The predicted molar refractivity (Wildman–Crippen MR) is 65.0 cm³/mol. The van der Waals surface area contributed by atoms with Gasteiger partial charge in [0.15, 0.2) is 0 Å². The molecule has 92 valence electrons. The second kappa shape index (κ2) is 5.17. The van der Waals surface area contributed by atoms with Crippen LogP contribution in [0.4, 0.5) is 0 Å². The highest BCUT2D eigenvalue weighted by Gasteiger charge is 2.31. The summed E-state index contributed by atoms with van der Waals surface area (Å²) in [5.74, 6) is 1.03. The summed E-state index contributed by atoms with van der Waals surface area (Å²) in [6, 6.07) is 0.248. The molecule has 1 saturated carbocycles. The zero-order chi connectivity index (χ0) is 11.5. The van der Waals surface area contributed by atoms with Gasteiger partial charge in [0.25, 0.3) is 0 Å². The molecule has 1 aliphatic carbocycles. The molecule has 16 heavy (non-hydrogen) atoms. The Bertz CT molecular complexity index is 254. The van der Waals surface area contributed by atoms with Gasteiger partial charge in [-0.3, -0.25) is 4.79 Å². The Morgan fingerprint density at radius 2 is 1.94 bits per heavy atom. The van der Waals surface area contributed by atoms with Crippen LogP contribution in [0.25, 0.3) is 0 Å². The third-order valence-electron chi connectivity index (χ3n) is 4.18. The van der Waals surface area contributed by atoms with Gasteiger partial charge in [0.05, 0.1) is 6.04 Å². The molecule has 0 aromatic heterocycles. The molecule has 2 aliphatic rings. The van der Waals surface area contributed by atoms with Gasteiger partial charge in [0.1, 0.15) is 0 Å². The van der Waals surface area contributed by atoms with E-state index in [9.17, 15) is 4.79 Å². The number of amides is 1. The van der Waals surface area contributed by atoms with Crippen LogP contribution in [0.2, 0.25) is 0 Å². The minimum absolute atomic E-state index is 0.200. The van der Waals surface area contributed by atoms with Gasteiger partial charge in [-0.15, -0.1) is 0 Å². The molecule has 0 aromatic rings. The molecular formula is C13H24N2O. The van der Waals surface area contributed by atoms with Gasteiger partial charge in [0, 0.05) is 12.6 Å². The molecule has 1 aliphatic heterocycles. The van der Waals surface area contributed by atoms with Crippen LogP contribution in [0.15, 0.2) is 0 Å². The summed E-state index contributed by atoms with van der Waals surface area (Å²) in [7, 11) is 0. The maximum atomic E-state index is 12.0. The van der Waals surface area contributed by atoms with Gasteiger partial charge in [0.2, 0.25) is 5.91 Å². The van der Waals surface area contributed by atoms with Crippen molar-refractivity contribution in [3.8, 4) is 0 Å². The first-order valence-electron chi connectivity index (χ1n) is 6.74. The highest BCUT2D eigenvalue weighted by atomic mass is 16.2. The van der Waals surface area contributed by atoms with Crippen molar-refractivity contribution in [3.05, 3.63) is 0 Å². The van der Waals surface area contributed by atoms with E-state index in [-0.39, 0.29) is 11.9 Å². The van der Waals surface area contributed by atoms with Gasteiger partial charge >= 0.3 is 0 Å². The highest BCUT2D eigenvalue weighted by Crippen LogP contribution is 2.27. The first kappa shape index (κ1) is 11.9. The van der Waals surface area contributed by atoms with E-state index in [1.807, 2.05) is 0 Å². The molecule has 0 aromatic carbocycles. The van der Waals surface area contributed by atoms with Crippen LogP contribution < -0.4 is 5.73 Å². The third-order valence-corrected chi connectivity index (χ3v) is 4.18. The zero-order valence-corrected chi connectivity index (χ0v) is 10.3. The van der Waals surface area contributed by atoms with Crippen molar-refractivity contribution in [2.24, 2.45) is 11.7 Å². The van der Waals surface area contributed by atoms with Crippen molar-refractivity contribution in [1.82, 2.24) is 4.90 Å². The van der Waals surface area contributed by atoms with Gasteiger partial charge in [-0.05, 0) is 38.0 Å². The van der Waals surface area contributed by atoms with E-state index < -0.39 is 0 Å². The smallest absolute Gasteiger partial charge is 0.239 e. The maximum absolute atomic E-state index is 12.0. The molecule has 0 bridgehead atoms. The number of hydrogen-bond donors (Lipinski definition) is 1. The molecule has 1 amide bonds. The van der Waals surface area contributed by atoms with Gasteiger partial charge in [-0.25, -0.2) is 0 Å². The fourth-order valence-electron chi connectivity index (χ4n) is 3.07. The molecule has 2 fully saturated rings. The monoisotopic (exact) mass is 224 g/mol. The van der Waals surface area contributed by atoms with E-state index in [0.717, 1.165) is 25.3 Å². The zero-order valence-electron chi connectivity index (χ0n) is 10.3. The third kappa shape index (κ3) is 2.57. The summed E-state index contributed by atoms with van der Waals surface area (Å²) in [6.07, 6.45) is 8.18. The van der Waals surface area contributed by atoms with Crippen molar-refractivity contribution >= 4 is 5.91 Å². The Morgan fingerprint density at radius 1 is 1.12 bits per heavy atom. The van der Waals surface area contributed by atoms with Gasteiger partial charge in [-0.2, -0.15) is 0 Å². The quantitative estimate of drug-likeness (QED) is 0.692. The number of nitrogens with zero attached hydrogens (tertiary/aromatic N) is 1. The SMILES string of the molecule is CC1CCCC(N2CCCC(N)C2=O)CC1. The second-order valence-electron chi connectivity index (χ2n) is 5.55. The van der Waals surface area contributed by atoms with Gasteiger partial charge < -0.3 is 10.6 Å². The molecule has 1 saturated heterocycles. The lowest BCUT2D eigenvalue weighted by Crippen LogP contribution is -2.52. The molecule has 0 spiro atoms. The number of piperidine rings is 1. The average molecular weight is 224 g/mol. The van der Waals surface area contributed by atoms with Crippen LogP contribution in [-0.4, -0.2) is 29.4 Å². The number of carbonyl (C=O) groups is 1. The summed E-state index contributed by atoms with van der Waals surface area (Å²) < 4.78 is 0. The van der Waals surface area contributed by atoms with E-state index in [1.54, 1.807) is 0 Å². The van der Waals surface area contributed by atoms with Crippen molar-refractivity contribution in [3.63, 3.8) is 0 Å². The molecule has 1 heterocycles.